The van der Waals surface area contributed by atoms with E-state index in [0.717, 1.165) is 28.2 Å². The van der Waals surface area contributed by atoms with E-state index in [1.54, 1.807) is 12.1 Å². The van der Waals surface area contributed by atoms with Gasteiger partial charge in [-0.1, -0.05) is 66.2 Å². The Hall–Kier alpha value is -3.32. The first-order chi connectivity index (χ1) is 15.3. The van der Waals surface area contributed by atoms with Crippen molar-refractivity contribution in [3.63, 3.8) is 0 Å². The molecule has 1 aliphatic rings. The van der Waals surface area contributed by atoms with Gasteiger partial charge in [0, 0.05) is 5.75 Å². The molecule has 0 fully saturated rings. The Morgan fingerprint density at radius 1 is 0.844 bits per heavy atom. The highest BCUT2D eigenvalue weighted by atomic mass is 32.2. The number of carbonyl (C=O) groups excluding carboxylic acids is 2. The number of hydrogen-bond acceptors (Lipinski definition) is 3. The molecule has 0 saturated heterocycles. The van der Waals surface area contributed by atoms with Gasteiger partial charge in [-0.3, -0.25) is 9.59 Å². The van der Waals surface area contributed by atoms with Crippen molar-refractivity contribution >= 4 is 34.8 Å². The standard InChI is InChI=1S/C25H18F3NO2S/c1-16-10-12-18(13-11-16)21-22(32-15-17-6-3-2-4-7-17)24(31)29(23(21)30)20-9-5-8-19(14-20)25(26,27)28/h2-14H,15H2,1H3. The number of benzene rings is 3. The summed E-state index contributed by atoms with van der Waals surface area (Å²) in [4.78, 5) is 27.7. The van der Waals surface area contributed by atoms with Crippen molar-refractivity contribution in [2.24, 2.45) is 0 Å². The van der Waals surface area contributed by atoms with Gasteiger partial charge in [0.05, 0.1) is 21.7 Å². The molecule has 0 aromatic heterocycles. The Morgan fingerprint density at radius 2 is 1.53 bits per heavy atom. The Labute approximate surface area is 187 Å². The van der Waals surface area contributed by atoms with Crippen LogP contribution in [0.1, 0.15) is 22.3 Å². The third-order valence-electron chi connectivity index (χ3n) is 5.04. The summed E-state index contributed by atoms with van der Waals surface area (Å²) in [7, 11) is 0. The van der Waals surface area contributed by atoms with Gasteiger partial charge in [0.1, 0.15) is 0 Å². The van der Waals surface area contributed by atoms with Crippen LogP contribution >= 0.6 is 11.8 Å². The van der Waals surface area contributed by atoms with Crippen LogP contribution in [0.4, 0.5) is 18.9 Å². The van der Waals surface area contributed by atoms with Crippen molar-refractivity contribution in [2.75, 3.05) is 4.90 Å². The molecule has 3 nitrogen and oxygen atoms in total. The lowest BCUT2D eigenvalue weighted by atomic mass is 10.0. The number of carbonyl (C=O) groups is 2. The number of aryl methyl sites for hydroxylation is 1. The first-order valence-corrected chi connectivity index (χ1v) is 10.8. The molecule has 1 heterocycles. The van der Waals surface area contributed by atoms with Crippen LogP contribution in [-0.2, 0) is 21.5 Å². The van der Waals surface area contributed by atoms with E-state index in [4.69, 9.17) is 0 Å². The smallest absolute Gasteiger partial charge is 0.268 e. The highest BCUT2D eigenvalue weighted by Gasteiger charge is 2.41. The average Bonchev–Trinajstić information content (AvgIpc) is 3.02. The molecule has 0 bridgehead atoms. The van der Waals surface area contributed by atoms with Gasteiger partial charge >= 0.3 is 6.18 Å². The third-order valence-corrected chi connectivity index (χ3v) is 6.18. The van der Waals surface area contributed by atoms with Crippen LogP contribution in [0, 0.1) is 6.92 Å². The quantitative estimate of drug-likeness (QED) is 0.430. The first kappa shape index (κ1) is 21.9. The van der Waals surface area contributed by atoms with Crippen LogP contribution in [0.25, 0.3) is 5.57 Å². The summed E-state index contributed by atoms with van der Waals surface area (Å²) in [5.41, 5.74) is 1.69. The van der Waals surface area contributed by atoms with Crippen LogP contribution in [0.15, 0.2) is 83.8 Å². The maximum absolute atomic E-state index is 13.3. The predicted molar refractivity (Wildman–Crippen MR) is 120 cm³/mol. The van der Waals surface area contributed by atoms with E-state index < -0.39 is 23.6 Å². The zero-order valence-corrected chi connectivity index (χ0v) is 17.8. The van der Waals surface area contributed by atoms with Crippen LogP contribution in [0.3, 0.4) is 0 Å². The van der Waals surface area contributed by atoms with Gasteiger partial charge in [-0.05, 0) is 36.2 Å². The largest absolute Gasteiger partial charge is 0.416 e. The molecule has 0 radical (unpaired) electrons. The van der Waals surface area contributed by atoms with Gasteiger partial charge < -0.3 is 0 Å². The second kappa shape index (κ2) is 8.67. The fraction of sp³-hybridized carbons (Fsp3) is 0.120. The van der Waals surface area contributed by atoms with E-state index in [-0.39, 0.29) is 16.2 Å². The Balaban J connectivity index is 1.75. The molecule has 0 atom stereocenters. The summed E-state index contributed by atoms with van der Waals surface area (Å²) >= 11 is 1.21. The fourth-order valence-corrected chi connectivity index (χ4v) is 4.47. The maximum Gasteiger partial charge on any atom is 0.416 e. The second-order valence-corrected chi connectivity index (χ2v) is 8.32. The summed E-state index contributed by atoms with van der Waals surface area (Å²) in [5.74, 6) is -0.805. The van der Waals surface area contributed by atoms with Crippen molar-refractivity contribution in [1.29, 1.82) is 0 Å². The Bertz CT molecular complexity index is 1200. The van der Waals surface area contributed by atoms with Crippen LogP contribution in [0.5, 0.6) is 0 Å². The van der Waals surface area contributed by atoms with Crippen LogP contribution < -0.4 is 4.90 Å². The van der Waals surface area contributed by atoms with Crippen molar-refractivity contribution in [1.82, 2.24) is 0 Å². The summed E-state index contributed by atoms with van der Waals surface area (Å²) in [6.07, 6.45) is -4.58. The number of imide groups is 1. The van der Waals surface area contributed by atoms with Crippen molar-refractivity contribution in [3.8, 4) is 0 Å². The van der Waals surface area contributed by atoms with Gasteiger partial charge in [0.25, 0.3) is 11.8 Å². The number of halogens is 3. The predicted octanol–water partition coefficient (Wildman–Crippen LogP) is 6.23. The summed E-state index contributed by atoms with van der Waals surface area (Å²) in [5, 5.41) is 0. The minimum atomic E-state index is -4.58. The van der Waals surface area contributed by atoms with E-state index in [0.29, 0.717) is 11.3 Å². The Morgan fingerprint density at radius 3 is 2.19 bits per heavy atom. The lowest BCUT2D eigenvalue weighted by Crippen LogP contribution is -2.31. The molecule has 3 aromatic carbocycles. The topological polar surface area (TPSA) is 37.4 Å². The van der Waals surface area contributed by atoms with E-state index in [2.05, 4.69) is 0 Å². The summed E-state index contributed by atoms with van der Waals surface area (Å²) < 4.78 is 39.6. The first-order valence-electron chi connectivity index (χ1n) is 9.80. The number of thioether (sulfide) groups is 1. The van der Waals surface area contributed by atoms with Crippen molar-refractivity contribution in [2.45, 2.75) is 18.9 Å². The number of hydrogen-bond donors (Lipinski definition) is 0. The van der Waals surface area contributed by atoms with Gasteiger partial charge in [0.15, 0.2) is 0 Å². The molecule has 32 heavy (non-hydrogen) atoms. The molecule has 0 aliphatic carbocycles. The third kappa shape index (κ3) is 4.34. The average molecular weight is 453 g/mol. The molecule has 7 heteroatoms. The molecular formula is C25H18F3NO2S. The molecule has 0 unspecified atom stereocenters. The van der Waals surface area contributed by atoms with E-state index in [1.165, 1.54) is 23.9 Å². The molecule has 1 aliphatic heterocycles. The second-order valence-electron chi connectivity index (χ2n) is 7.34. The lowest BCUT2D eigenvalue weighted by molar-refractivity contribution is -0.137. The van der Waals surface area contributed by atoms with Crippen molar-refractivity contribution in [3.05, 3.63) is 106 Å². The number of anilines is 1. The molecule has 0 N–H and O–H groups in total. The van der Waals surface area contributed by atoms with Crippen LogP contribution in [0.2, 0.25) is 0 Å². The normalized spacial score (nSPS) is 14.4. The maximum atomic E-state index is 13.3. The molecule has 3 aromatic rings. The minimum Gasteiger partial charge on any atom is -0.268 e. The highest BCUT2D eigenvalue weighted by Crippen LogP contribution is 2.41. The molecular weight excluding hydrogens is 435 g/mol. The molecule has 0 spiro atoms. The monoisotopic (exact) mass is 453 g/mol. The minimum absolute atomic E-state index is 0.102. The van der Waals surface area contributed by atoms with Gasteiger partial charge in [-0.2, -0.15) is 13.2 Å². The number of rotatable bonds is 5. The highest BCUT2D eigenvalue weighted by molar-refractivity contribution is 8.03. The molecule has 4 rings (SSSR count). The van der Waals surface area contributed by atoms with E-state index >= 15 is 0 Å². The van der Waals surface area contributed by atoms with E-state index in [1.807, 2.05) is 49.4 Å². The number of amides is 2. The summed E-state index contributed by atoms with van der Waals surface area (Å²) in [6.45, 7) is 1.90. The van der Waals surface area contributed by atoms with Crippen molar-refractivity contribution < 1.29 is 22.8 Å². The molecule has 162 valence electrons. The number of alkyl halides is 3. The van der Waals surface area contributed by atoms with Gasteiger partial charge in [-0.15, -0.1) is 11.8 Å². The van der Waals surface area contributed by atoms with Gasteiger partial charge in [0.2, 0.25) is 0 Å². The lowest BCUT2D eigenvalue weighted by Gasteiger charge is -2.17. The fourth-order valence-electron chi connectivity index (χ4n) is 3.40. The zero-order valence-electron chi connectivity index (χ0n) is 17.0. The van der Waals surface area contributed by atoms with Gasteiger partial charge in [-0.25, -0.2) is 4.90 Å². The molecule has 0 saturated carbocycles. The number of nitrogens with zero attached hydrogens (tertiary/aromatic N) is 1. The Kier molecular flexibility index (Phi) is 5.93. The van der Waals surface area contributed by atoms with E-state index in [9.17, 15) is 22.8 Å². The van der Waals surface area contributed by atoms with Crippen LogP contribution in [-0.4, -0.2) is 11.8 Å². The molecule has 2 amide bonds. The SMILES string of the molecule is Cc1ccc(C2=C(SCc3ccccc3)C(=O)N(c3cccc(C(F)(F)F)c3)C2=O)cc1. The zero-order chi connectivity index (χ0) is 22.9. The summed E-state index contributed by atoms with van der Waals surface area (Å²) in [6, 6.07) is 20.9.